The fourth-order valence-electron chi connectivity index (χ4n) is 2.73. The van der Waals surface area contributed by atoms with Gasteiger partial charge in [0.2, 0.25) is 0 Å². The van der Waals surface area contributed by atoms with E-state index in [-0.39, 0.29) is 12.2 Å². The quantitative estimate of drug-likeness (QED) is 0.433. The van der Waals surface area contributed by atoms with Gasteiger partial charge < -0.3 is 15.2 Å². The fraction of sp³-hybridized carbons (Fsp3) is 0.0417. The summed E-state index contributed by atoms with van der Waals surface area (Å²) < 4.78 is 18.6. The summed E-state index contributed by atoms with van der Waals surface area (Å²) in [6.45, 7) is -0.280. The van der Waals surface area contributed by atoms with Crippen molar-refractivity contribution < 1.29 is 23.8 Å². The number of para-hydroxylation sites is 1. The lowest BCUT2D eigenvalue weighted by atomic mass is 10.0. The zero-order chi connectivity index (χ0) is 22.2. The average molecular weight is 416 g/mol. The van der Waals surface area contributed by atoms with E-state index < -0.39 is 17.7 Å². The normalized spacial score (nSPS) is 10.8. The highest BCUT2D eigenvalue weighted by molar-refractivity contribution is 5.93. The van der Waals surface area contributed by atoms with Crippen LogP contribution >= 0.6 is 0 Å². The Morgan fingerprint density at radius 3 is 2.29 bits per heavy atom. The zero-order valence-corrected chi connectivity index (χ0v) is 16.2. The SMILES string of the molecule is N#C/C(=C/c1ccccc1OCC(=O)Nc1ccc(F)cc1)c1ccc(C(=O)O)cc1. The van der Waals surface area contributed by atoms with Crippen molar-refractivity contribution in [1.29, 1.82) is 5.26 Å². The number of rotatable bonds is 7. The Morgan fingerprint density at radius 1 is 1.00 bits per heavy atom. The topological polar surface area (TPSA) is 99.4 Å². The number of allylic oxidation sites excluding steroid dienone is 1. The number of nitrogens with one attached hydrogen (secondary N) is 1. The number of nitriles is 1. The molecule has 3 aromatic rings. The van der Waals surface area contributed by atoms with Gasteiger partial charge >= 0.3 is 5.97 Å². The lowest BCUT2D eigenvalue weighted by Gasteiger charge is -2.10. The molecule has 0 heterocycles. The van der Waals surface area contributed by atoms with E-state index in [0.29, 0.717) is 28.1 Å². The van der Waals surface area contributed by atoms with Crippen molar-refractivity contribution in [3.63, 3.8) is 0 Å². The molecule has 0 aliphatic heterocycles. The highest BCUT2D eigenvalue weighted by atomic mass is 19.1. The Balaban J connectivity index is 1.74. The van der Waals surface area contributed by atoms with E-state index in [0.717, 1.165) is 0 Å². The summed E-state index contributed by atoms with van der Waals surface area (Å²) >= 11 is 0. The Kier molecular flexibility index (Phi) is 6.76. The lowest BCUT2D eigenvalue weighted by Crippen LogP contribution is -2.20. The van der Waals surface area contributed by atoms with Crippen molar-refractivity contribution in [2.75, 3.05) is 11.9 Å². The maximum atomic E-state index is 13.0. The van der Waals surface area contributed by atoms with Crippen LogP contribution in [-0.4, -0.2) is 23.6 Å². The molecule has 0 aliphatic carbocycles. The summed E-state index contributed by atoms with van der Waals surface area (Å²) in [7, 11) is 0. The molecule has 3 aromatic carbocycles. The summed E-state index contributed by atoms with van der Waals surface area (Å²) in [6, 6.07) is 20.3. The van der Waals surface area contributed by atoms with Crippen LogP contribution in [0, 0.1) is 17.1 Å². The summed E-state index contributed by atoms with van der Waals surface area (Å²) in [6.07, 6.45) is 1.60. The molecule has 6 nitrogen and oxygen atoms in total. The number of amides is 1. The maximum absolute atomic E-state index is 13.0. The molecule has 7 heteroatoms. The number of hydrogen-bond acceptors (Lipinski definition) is 4. The molecule has 0 radical (unpaired) electrons. The van der Waals surface area contributed by atoms with Gasteiger partial charge in [-0.05, 0) is 54.1 Å². The number of benzene rings is 3. The van der Waals surface area contributed by atoms with Crippen molar-refractivity contribution in [2.45, 2.75) is 0 Å². The number of carbonyl (C=O) groups excluding carboxylic acids is 1. The largest absolute Gasteiger partial charge is 0.483 e. The number of halogens is 1. The molecule has 0 saturated heterocycles. The van der Waals surface area contributed by atoms with Crippen LogP contribution in [0.15, 0.2) is 72.8 Å². The number of carboxylic acid groups (broad SMARTS) is 1. The molecule has 0 aromatic heterocycles. The molecule has 3 rings (SSSR count). The van der Waals surface area contributed by atoms with Gasteiger partial charge in [0.15, 0.2) is 6.61 Å². The van der Waals surface area contributed by atoms with Gasteiger partial charge in [-0.25, -0.2) is 9.18 Å². The number of carboxylic acids is 1. The molecule has 0 saturated carbocycles. The highest BCUT2D eigenvalue weighted by Crippen LogP contribution is 2.25. The summed E-state index contributed by atoms with van der Waals surface area (Å²) in [5.41, 5.74) is 2.01. The first-order chi connectivity index (χ1) is 15.0. The lowest BCUT2D eigenvalue weighted by molar-refractivity contribution is -0.118. The summed E-state index contributed by atoms with van der Waals surface area (Å²) in [5.74, 6) is -1.48. The molecule has 0 spiro atoms. The fourth-order valence-corrected chi connectivity index (χ4v) is 2.73. The Morgan fingerprint density at radius 2 is 1.65 bits per heavy atom. The van der Waals surface area contributed by atoms with Gasteiger partial charge in [-0.15, -0.1) is 0 Å². The second kappa shape index (κ2) is 9.85. The van der Waals surface area contributed by atoms with E-state index in [1.165, 1.54) is 36.4 Å². The maximum Gasteiger partial charge on any atom is 0.335 e. The van der Waals surface area contributed by atoms with E-state index >= 15 is 0 Å². The smallest absolute Gasteiger partial charge is 0.335 e. The summed E-state index contributed by atoms with van der Waals surface area (Å²) in [5, 5.41) is 21.2. The van der Waals surface area contributed by atoms with Crippen LogP contribution in [0.25, 0.3) is 11.6 Å². The number of ether oxygens (including phenoxy) is 1. The van der Waals surface area contributed by atoms with Crippen molar-refractivity contribution in [3.8, 4) is 11.8 Å². The minimum Gasteiger partial charge on any atom is -0.483 e. The first-order valence-electron chi connectivity index (χ1n) is 9.19. The molecule has 0 unspecified atom stereocenters. The summed E-state index contributed by atoms with van der Waals surface area (Å²) in [4.78, 5) is 23.1. The number of aromatic carboxylic acids is 1. The molecular weight excluding hydrogens is 399 g/mol. The van der Waals surface area contributed by atoms with Crippen LogP contribution in [0.1, 0.15) is 21.5 Å². The minimum absolute atomic E-state index is 0.122. The van der Waals surface area contributed by atoms with E-state index in [4.69, 9.17) is 9.84 Å². The molecule has 0 aliphatic rings. The standard InChI is InChI=1S/C24H17FN2O4/c25-20-9-11-21(12-10-20)27-23(28)15-31-22-4-2-1-3-18(22)13-19(14-26)16-5-7-17(8-6-16)24(29)30/h1-13H,15H2,(H,27,28)(H,29,30)/b19-13-. The molecular formula is C24H17FN2O4. The third kappa shape index (κ3) is 5.78. The molecule has 31 heavy (non-hydrogen) atoms. The predicted molar refractivity (Wildman–Crippen MR) is 114 cm³/mol. The molecule has 154 valence electrons. The van der Waals surface area contributed by atoms with Crippen molar-refractivity contribution in [3.05, 3.63) is 95.3 Å². The predicted octanol–water partition coefficient (Wildman–Crippen LogP) is 4.61. The van der Waals surface area contributed by atoms with Gasteiger partial charge in [0.1, 0.15) is 11.6 Å². The van der Waals surface area contributed by atoms with Crippen molar-refractivity contribution in [1.82, 2.24) is 0 Å². The third-order valence-corrected chi connectivity index (χ3v) is 4.27. The van der Waals surface area contributed by atoms with E-state index in [1.807, 2.05) is 0 Å². The van der Waals surface area contributed by atoms with Crippen molar-refractivity contribution in [2.24, 2.45) is 0 Å². The zero-order valence-electron chi connectivity index (χ0n) is 16.2. The monoisotopic (exact) mass is 416 g/mol. The third-order valence-electron chi connectivity index (χ3n) is 4.27. The molecule has 0 atom stereocenters. The van der Waals surface area contributed by atoms with Gasteiger partial charge in [-0.3, -0.25) is 4.79 Å². The number of nitrogens with zero attached hydrogens (tertiary/aromatic N) is 1. The highest BCUT2D eigenvalue weighted by Gasteiger charge is 2.09. The Hall–Kier alpha value is -4.44. The van der Waals surface area contributed by atoms with Gasteiger partial charge in [-0.1, -0.05) is 30.3 Å². The Labute approximate surface area is 177 Å². The average Bonchev–Trinajstić information content (AvgIpc) is 2.78. The first kappa shape index (κ1) is 21.3. The number of carbonyl (C=O) groups is 2. The molecule has 0 fully saturated rings. The van der Waals surface area contributed by atoms with Crippen LogP contribution < -0.4 is 10.1 Å². The van der Waals surface area contributed by atoms with Gasteiger partial charge in [0, 0.05) is 11.3 Å². The van der Waals surface area contributed by atoms with E-state index in [1.54, 1.807) is 42.5 Å². The van der Waals surface area contributed by atoms with Crippen LogP contribution in [-0.2, 0) is 4.79 Å². The molecule has 1 amide bonds. The second-order valence-corrected chi connectivity index (χ2v) is 6.43. The molecule has 2 N–H and O–H groups in total. The van der Waals surface area contributed by atoms with Crippen LogP contribution in [0.2, 0.25) is 0 Å². The first-order valence-corrected chi connectivity index (χ1v) is 9.19. The molecule has 0 bridgehead atoms. The van der Waals surface area contributed by atoms with Crippen LogP contribution in [0.3, 0.4) is 0 Å². The van der Waals surface area contributed by atoms with Gasteiger partial charge in [-0.2, -0.15) is 5.26 Å². The number of hydrogen-bond donors (Lipinski definition) is 2. The minimum atomic E-state index is -1.05. The van der Waals surface area contributed by atoms with Crippen molar-refractivity contribution >= 4 is 29.2 Å². The van der Waals surface area contributed by atoms with Gasteiger partial charge in [0.25, 0.3) is 5.91 Å². The van der Waals surface area contributed by atoms with E-state index in [9.17, 15) is 19.2 Å². The van der Waals surface area contributed by atoms with Crippen LogP contribution in [0.4, 0.5) is 10.1 Å². The van der Waals surface area contributed by atoms with Crippen LogP contribution in [0.5, 0.6) is 5.75 Å². The second-order valence-electron chi connectivity index (χ2n) is 6.43. The van der Waals surface area contributed by atoms with Gasteiger partial charge in [0.05, 0.1) is 17.2 Å². The number of anilines is 1. The Bertz CT molecular complexity index is 1160. The van der Waals surface area contributed by atoms with E-state index in [2.05, 4.69) is 11.4 Å².